The predicted molar refractivity (Wildman–Crippen MR) is 46.3 cm³/mol. The Bertz CT molecular complexity index is 110. The minimum Gasteiger partial charge on any atom is -0.450 e. The molecule has 0 rings (SSSR count). The van der Waals surface area contributed by atoms with Crippen LogP contribution in [-0.2, 0) is 9.47 Å². The first-order valence-corrected chi connectivity index (χ1v) is 3.73. The fourth-order valence-electron chi connectivity index (χ4n) is 0.334. The van der Waals surface area contributed by atoms with Crippen molar-refractivity contribution in [2.45, 2.75) is 13.8 Å². The lowest BCUT2D eigenvalue weighted by Gasteiger charge is -1.88. The molecule has 0 aromatic heterocycles. The average molecular weight is 176 g/mol. The summed E-state index contributed by atoms with van der Waals surface area (Å²) in [5.41, 5.74) is 0. The van der Waals surface area contributed by atoms with Crippen LogP contribution in [0.15, 0.2) is 12.7 Å². The number of hydrogen-bond acceptors (Lipinski definition) is 3. The third-order valence-corrected chi connectivity index (χ3v) is 0.733. The van der Waals surface area contributed by atoms with Crippen molar-refractivity contribution in [2.75, 3.05) is 19.8 Å². The molecule has 0 unspecified atom stereocenters. The van der Waals surface area contributed by atoms with Crippen LogP contribution in [0.2, 0.25) is 0 Å². The Morgan fingerprint density at radius 1 is 1.50 bits per heavy atom. The van der Waals surface area contributed by atoms with E-state index in [0.29, 0.717) is 0 Å². The van der Waals surface area contributed by atoms with E-state index in [1.165, 1.54) is 6.08 Å². The summed E-state index contributed by atoms with van der Waals surface area (Å²) in [6, 6.07) is 0. The predicted octanol–water partition coefficient (Wildman–Crippen LogP) is 1.91. The van der Waals surface area contributed by atoms with Crippen molar-refractivity contribution in [1.82, 2.24) is 0 Å². The van der Waals surface area contributed by atoms with Gasteiger partial charge in [-0.25, -0.2) is 4.79 Å². The SMILES string of the molecule is C=CCOC(=O)O.CCOCC. The third-order valence-electron chi connectivity index (χ3n) is 0.733. The normalized spacial score (nSPS) is 7.83. The number of hydrogen-bond donors (Lipinski definition) is 1. The highest BCUT2D eigenvalue weighted by Crippen LogP contribution is 1.73. The first-order valence-electron chi connectivity index (χ1n) is 3.73. The van der Waals surface area contributed by atoms with Crippen LogP contribution in [-0.4, -0.2) is 31.1 Å². The maximum Gasteiger partial charge on any atom is 0.506 e. The minimum atomic E-state index is -1.26. The number of carboxylic acid groups (broad SMARTS) is 1. The molecule has 0 aromatic carbocycles. The maximum absolute atomic E-state index is 9.49. The Balaban J connectivity index is 0. The lowest BCUT2D eigenvalue weighted by atomic mass is 10.7. The zero-order chi connectivity index (χ0) is 9.82. The zero-order valence-electron chi connectivity index (χ0n) is 7.58. The van der Waals surface area contributed by atoms with Gasteiger partial charge in [-0.15, -0.1) is 0 Å². The first kappa shape index (κ1) is 13.6. The summed E-state index contributed by atoms with van der Waals surface area (Å²) in [5.74, 6) is 0. The third kappa shape index (κ3) is 23.1. The Morgan fingerprint density at radius 3 is 2.08 bits per heavy atom. The van der Waals surface area contributed by atoms with Gasteiger partial charge in [0, 0.05) is 13.2 Å². The molecule has 0 aliphatic heterocycles. The van der Waals surface area contributed by atoms with Crippen molar-refractivity contribution in [3.8, 4) is 0 Å². The molecule has 12 heavy (non-hydrogen) atoms. The second-order valence-corrected chi connectivity index (χ2v) is 1.65. The molecular weight excluding hydrogens is 160 g/mol. The van der Waals surface area contributed by atoms with Crippen LogP contribution in [0.4, 0.5) is 4.79 Å². The van der Waals surface area contributed by atoms with Gasteiger partial charge >= 0.3 is 6.16 Å². The van der Waals surface area contributed by atoms with E-state index < -0.39 is 6.16 Å². The highest BCUT2D eigenvalue weighted by atomic mass is 16.7. The quantitative estimate of drug-likeness (QED) is 0.525. The van der Waals surface area contributed by atoms with Crippen LogP contribution in [0.5, 0.6) is 0 Å². The smallest absolute Gasteiger partial charge is 0.450 e. The van der Waals surface area contributed by atoms with Crippen LogP contribution in [0, 0.1) is 0 Å². The monoisotopic (exact) mass is 176 g/mol. The molecule has 0 saturated heterocycles. The van der Waals surface area contributed by atoms with Gasteiger partial charge in [-0.1, -0.05) is 12.7 Å². The van der Waals surface area contributed by atoms with Gasteiger partial charge < -0.3 is 14.6 Å². The van der Waals surface area contributed by atoms with Crippen molar-refractivity contribution < 1.29 is 19.4 Å². The van der Waals surface area contributed by atoms with E-state index in [1.807, 2.05) is 13.8 Å². The van der Waals surface area contributed by atoms with E-state index in [-0.39, 0.29) is 6.61 Å². The van der Waals surface area contributed by atoms with Crippen molar-refractivity contribution in [3.63, 3.8) is 0 Å². The molecule has 0 amide bonds. The topological polar surface area (TPSA) is 55.8 Å². The van der Waals surface area contributed by atoms with Crippen LogP contribution in [0.3, 0.4) is 0 Å². The van der Waals surface area contributed by atoms with Crippen molar-refractivity contribution in [3.05, 3.63) is 12.7 Å². The molecular formula is C8H16O4. The molecule has 0 saturated carbocycles. The van der Waals surface area contributed by atoms with Crippen molar-refractivity contribution in [2.24, 2.45) is 0 Å². The molecule has 4 nitrogen and oxygen atoms in total. The summed E-state index contributed by atoms with van der Waals surface area (Å²) >= 11 is 0. The molecule has 0 aliphatic rings. The molecule has 0 fully saturated rings. The molecule has 0 heterocycles. The lowest BCUT2D eigenvalue weighted by molar-refractivity contribution is 0.102. The van der Waals surface area contributed by atoms with Crippen molar-refractivity contribution >= 4 is 6.16 Å². The summed E-state index contributed by atoms with van der Waals surface area (Å²) in [5, 5.41) is 7.77. The molecule has 72 valence electrons. The van der Waals surface area contributed by atoms with Gasteiger partial charge in [0.15, 0.2) is 0 Å². The summed E-state index contributed by atoms with van der Waals surface area (Å²) in [7, 11) is 0. The van der Waals surface area contributed by atoms with Gasteiger partial charge in [0.1, 0.15) is 6.61 Å². The molecule has 1 N–H and O–H groups in total. The summed E-state index contributed by atoms with van der Waals surface area (Å²) in [4.78, 5) is 9.49. The molecule has 0 bridgehead atoms. The summed E-state index contributed by atoms with van der Waals surface area (Å²) < 4.78 is 8.82. The molecule has 0 spiro atoms. The van der Waals surface area contributed by atoms with Gasteiger partial charge in [-0.3, -0.25) is 0 Å². The van der Waals surface area contributed by atoms with Gasteiger partial charge in [0.2, 0.25) is 0 Å². The fraction of sp³-hybridized carbons (Fsp3) is 0.625. The van der Waals surface area contributed by atoms with Crippen LogP contribution in [0.1, 0.15) is 13.8 Å². The van der Waals surface area contributed by atoms with Crippen molar-refractivity contribution in [1.29, 1.82) is 0 Å². The molecule has 0 aliphatic carbocycles. The van der Waals surface area contributed by atoms with Crippen LogP contribution in [0.25, 0.3) is 0 Å². The second-order valence-electron chi connectivity index (χ2n) is 1.65. The van der Waals surface area contributed by atoms with Crippen LogP contribution < -0.4 is 0 Å². The Morgan fingerprint density at radius 2 is 2.00 bits per heavy atom. The van der Waals surface area contributed by atoms with Gasteiger partial charge in [0.25, 0.3) is 0 Å². The van der Waals surface area contributed by atoms with E-state index in [4.69, 9.17) is 9.84 Å². The van der Waals surface area contributed by atoms with E-state index >= 15 is 0 Å². The highest BCUT2D eigenvalue weighted by Gasteiger charge is 1.87. The van der Waals surface area contributed by atoms with E-state index in [1.54, 1.807) is 0 Å². The Labute approximate surface area is 72.8 Å². The van der Waals surface area contributed by atoms with E-state index in [0.717, 1.165) is 13.2 Å². The molecule has 4 heteroatoms. The molecule has 0 aromatic rings. The van der Waals surface area contributed by atoms with Crippen LogP contribution >= 0.6 is 0 Å². The van der Waals surface area contributed by atoms with Gasteiger partial charge in [-0.05, 0) is 13.8 Å². The largest absolute Gasteiger partial charge is 0.506 e. The van der Waals surface area contributed by atoms with Gasteiger partial charge in [0.05, 0.1) is 0 Å². The number of rotatable bonds is 4. The minimum absolute atomic E-state index is 0.0648. The lowest BCUT2D eigenvalue weighted by Crippen LogP contribution is -1.98. The second kappa shape index (κ2) is 12.6. The first-order chi connectivity index (χ1) is 5.68. The highest BCUT2D eigenvalue weighted by molar-refractivity contribution is 5.56. The maximum atomic E-state index is 9.49. The summed E-state index contributed by atoms with van der Waals surface area (Å²) in [6.45, 7) is 8.98. The zero-order valence-corrected chi connectivity index (χ0v) is 7.58. The standard InChI is InChI=1S/C4H6O3.C4H10O/c1-2-3-7-4(5)6;1-3-5-4-2/h2H,1,3H2,(H,5,6);3-4H2,1-2H3. The molecule has 0 radical (unpaired) electrons. The Hall–Kier alpha value is -1.03. The molecule has 0 atom stereocenters. The number of ether oxygens (including phenoxy) is 2. The Kier molecular flexibility index (Phi) is 14.3. The van der Waals surface area contributed by atoms with Gasteiger partial charge in [-0.2, -0.15) is 0 Å². The average Bonchev–Trinajstić information content (AvgIpc) is 2.03. The fourth-order valence-corrected chi connectivity index (χ4v) is 0.334. The summed E-state index contributed by atoms with van der Waals surface area (Å²) in [6.07, 6.45) is 0.105. The van der Waals surface area contributed by atoms with E-state index in [2.05, 4.69) is 11.3 Å². The number of carbonyl (C=O) groups is 1. The van der Waals surface area contributed by atoms with E-state index in [9.17, 15) is 4.79 Å².